The van der Waals surface area contributed by atoms with Crippen molar-refractivity contribution in [1.82, 2.24) is 20.1 Å². The van der Waals surface area contributed by atoms with Crippen LogP contribution in [0.1, 0.15) is 53.5 Å². The number of piperidine rings is 1. The standard InChI is InChI=1S/C19H27N5O4/c1-3-5-16(25)22-11-17(26)24-9-4-6-14(12-24)23(2)19(28)13-7-8-15(18(20)27)21-10-13/h7-8,10,14H,3-6,9,11-12H2,1-2H3,(H2,20,27)(H,22,25)/t14-/m0/s1. The first kappa shape index (κ1) is 21.3. The van der Waals surface area contributed by atoms with E-state index in [0.29, 0.717) is 25.1 Å². The molecule has 9 heteroatoms. The smallest absolute Gasteiger partial charge is 0.267 e. The third kappa shape index (κ3) is 5.51. The SMILES string of the molecule is CCCC(=O)NCC(=O)N1CCC[C@H](N(C)C(=O)c2ccc(C(N)=O)nc2)C1. The second-order valence-corrected chi connectivity index (χ2v) is 6.87. The van der Waals surface area contributed by atoms with Crippen LogP contribution >= 0.6 is 0 Å². The second-order valence-electron chi connectivity index (χ2n) is 6.87. The van der Waals surface area contributed by atoms with Crippen molar-refractivity contribution in [2.75, 3.05) is 26.7 Å². The molecule has 0 saturated carbocycles. The Hall–Kier alpha value is -2.97. The van der Waals surface area contributed by atoms with E-state index in [4.69, 9.17) is 5.73 Å². The van der Waals surface area contributed by atoms with Gasteiger partial charge in [0.05, 0.1) is 12.1 Å². The molecule has 3 N–H and O–H groups in total. The summed E-state index contributed by atoms with van der Waals surface area (Å²) in [4.78, 5) is 54.9. The van der Waals surface area contributed by atoms with Gasteiger partial charge in [-0.2, -0.15) is 0 Å². The van der Waals surface area contributed by atoms with Crippen LogP contribution in [0.5, 0.6) is 0 Å². The number of hydrogen-bond donors (Lipinski definition) is 2. The number of pyridine rings is 1. The summed E-state index contributed by atoms with van der Waals surface area (Å²) < 4.78 is 0. The molecule has 1 aromatic heterocycles. The number of carbonyl (C=O) groups is 4. The van der Waals surface area contributed by atoms with E-state index in [2.05, 4.69) is 10.3 Å². The van der Waals surface area contributed by atoms with Crippen LogP contribution < -0.4 is 11.1 Å². The van der Waals surface area contributed by atoms with E-state index < -0.39 is 5.91 Å². The van der Waals surface area contributed by atoms with Crippen LogP contribution in [0.3, 0.4) is 0 Å². The van der Waals surface area contributed by atoms with E-state index in [-0.39, 0.29) is 36.0 Å². The maximum atomic E-state index is 12.7. The second kappa shape index (κ2) is 9.82. The van der Waals surface area contributed by atoms with Crippen molar-refractivity contribution in [3.8, 4) is 0 Å². The van der Waals surface area contributed by atoms with Crippen molar-refractivity contribution in [3.05, 3.63) is 29.6 Å². The molecule has 28 heavy (non-hydrogen) atoms. The molecule has 0 aromatic carbocycles. The monoisotopic (exact) mass is 389 g/mol. The predicted octanol–water partition coefficient (Wildman–Crippen LogP) is 0.160. The van der Waals surface area contributed by atoms with Crippen LogP contribution in [0.25, 0.3) is 0 Å². The average molecular weight is 389 g/mol. The third-order valence-electron chi connectivity index (χ3n) is 4.79. The van der Waals surface area contributed by atoms with Crippen molar-refractivity contribution in [3.63, 3.8) is 0 Å². The van der Waals surface area contributed by atoms with Gasteiger partial charge in [0, 0.05) is 38.8 Å². The molecule has 4 amide bonds. The molecule has 9 nitrogen and oxygen atoms in total. The number of nitrogens with two attached hydrogens (primary N) is 1. The van der Waals surface area contributed by atoms with Gasteiger partial charge in [-0.1, -0.05) is 6.92 Å². The highest BCUT2D eigenvalue weighted by Crippen LogP contribution is 2.17. The molecule has 0 unspecified atom stereocenters. The molecule has 1 aliphatic rings. The number of nitrogens with zero attached hydrogens (tertiary/aromatic N) is 3. The van der Waals surface area contributed by atoms with Crippen LogP contribution in [0.2, 0.25) is 0 Å². The largest absolute Gasteiger partial charge is 0.364 e. The van der Waals surface area contributed by atoms with E-state index in [1.54, 1.807) is 16.8 Å². The van der Waals surface area contributed by atoms with Crippen LogP contribution in [-0.4, -0.2) is 71.1 Å². The minimum Gasteiger partial charge on any atom is -0.364 e. The molecule has 0 radical (unpaired) electrons. The molecule has 1 atom stereocenters. The normalized spacial score (nSPS) is 16.4. The molecule has 2 rings (SSSR count). The fourth-order valence-electron chi connectivity index (χ4n) is 3.13. The van der Waals surface area contributed by atoms with Crippen LogP contribution in [-0.2, 0) is 9.59 Å². The van der Waals surface area contributed by atoms with Crippen molar-refractivity contribution < 1.29 is 19.2 Å². The van der Waals surface area contributed by atoms with Gasteiger partial charge in [-0.3, -0.25) is 24.2 Å². The van der Waals surface area contributed by atoms with Gasteiger partial charge >= 0.3 is 0 Å². The zero-order valence-corrected chi connectivity index (χ0v) is 16.3. The van der Waals surface area contributed by atoms with Crippen molar-refractivity contribution in [1.29, 1.82) is 0 Å². The summed E-state index contributed by atoms with van der Waals surface area (Å²) in [6.45, 7) is 2.90. The fraction of sp³-hybridized carbons (Fsp3) is 0.526. The molecule has 0 aliphatic carbocycles. The quantitative estimate of drug-likeness (QED) is 0.687. The Morgan fingerprint density at radius 2 is 2.07 bits per heavy atom. The summed E-state index contributed by atoms with van der Waals surface area (Å²) in [5, 5.41) is 2.63. The highest BCUT2D eigenvalue weighted by Gasteiger charge is 2.29. The van der Waals surface area contributed by atoms with Crippen LogP contribution in [0.15, 0.2) is 18.3 Å². The minimum atomic E-state index is -0.653. The molecule has 1 aromatic rings. The minimum absolute atomic E-state index is 0.0261. The van der Waals surface area contributed by atoms with E-state index in [9.17, 15) is 19.2 Å². The third-order valence-corrected chi connectivity index (χ3v) is 4.79. The lowest BCUT2D eigenvalue weighted by Gasteiger charge is -2.37. The summed E-state index contributed by atoms with van der Waals surface area (Å²) in [5.74, 6) is -1.18. The topological polar surface area (TPSA) is 126 Å². The number of carbonyl (C=O) groups excluding carboxylic acids is 4. The highest BCUT2D eigenvalue weighted by molar-refractivity contribution is 5.96. The van der Waals surface area contributed by atoms with E-state index in [0.717, 1.165) is 19.3 Å². The maximum absolute atomic E-state index is 12.7. The lowest BCUT2D eigenvalue weighted by molar-refractivity contribution is -0.134. The number of aromatic nitrogens is 1. The Bertz CT molecular complexity index is 734. The Morgan fingerprint density at radius 3 is 2.68 bits per heavy atom. The Balaban J connectivity index is 1.94. The Morgan fingerprint density at radius 1 is 1.32 bits per heavy atom. The number of likely N-dealkylation sites (N-methyl/N-ethyl adjacent to an activating group) is 1. The molecule has 1 aliphatic heterocycles. The molecular formula is C19H27N5O4. The highest BCUT2D eigenvalue weighted by atomic mass is 16.2. The molecule has 2 heterocycles. The molecule has 152 valence electrons. The summed E-state index contributed by atoms with van der Waals surface area (Å²) >= 11 is 0. The number of rotatable bonds is 7. The first-order chi connectivity index (χ1) is 13.3. The number of amides is 4. The first-order valence-electron chi connectivity index (χ1n) is 9.41. The molecule has 1 saturated heterocycles. The average Bonchev–Trinajstić information content (AvgIpc) is 2.71. The zero-order valence-electron chi connectivity index (χ0n) is 16.3. The van der Waals surface area contributed by atoms with E-state index in [1.165, 1.54) is 18.3 Å². The Kier molecular flexibility index (Phi) is 7.48. The van der Waals surface area contributed by atoms with Gasteiger partial charge in [0.15, 0.2) is 0 Å². The van der Waals surface area contributed by atoms with Gasteiger partial charge < -0.3 is 20.9 Å². The first-order valence-corrected chi connectivity index (χ1v) is 9.41. The molecule has 0 spiro atoms. The lowest BCUT2D eigenvalue weighted by atomic mass is 10.0. The summed E-state index contributed by atoms with van der Waals surface area (Å²) in [6.07, 6.45) is 4.01. The van der Waals surface area contributed by atoms with Gasteiger partial charge in [0.1, 0.15) is 5.69 Å². The van der Waals surface area contributed by atoms with Gasteiger partial charge in [-0.15, -0.1) is 0 Å². The maximum Gasteiger partial charge on any atom is 0.267 e. The number of primary amides is 1. The van der Waals surface area contributed by atoms with Crippen LogP contribution in [0, 0.1) is 0 Å². The summed E-state index contributed by atoms with van der Waals surface area (Å²) in [7, 11) is 1.69. The molecular weight excluding hydrogens is 362 g/mol. The van der Waals surface area contributed by atoms with Crippen molar-refractivity contribution in [2.45, 2.75) is 38.6 Å². The van der Waals surface area contributed by atoms with Crippen LogP contribution in [0.4, 0.5) is 0 Å². The Labute approximate surface area is 164 Å². The van der Waals surface area contributed by atoms with Gasteiger partial charge in [0.25, 0.3) is 11.8 Å². The zero-order chi connectivity index (χ0) is 20.7. The molecule has 0 bridgehead atoms. The number of nitrogens with one attached hydrogen (secondary N) is 1. The van der Waals surface area contributed by atoms with Crippen molar-refractivity contribution >= 4 is 23.6 Å². The van der Waals surface area contributed by atoms with E-state index in [1.807, 2.05) is 6.92 Å². The summed E-state index contributed by atoms with van der Waals surface area (Å²) in [5.41, 5.74) is 5.61. The van der Waals surface area contributed by atoms with Gasteiger partial charge in [-0.05, 0) is 31.4 Å². The van der Waals surface area contributed by atoms with Gasteiger partial charge in [-0.25, -0.2) is 0 Å². The predicted molar refractivity (Wildman–Crippen MR) is 102 cm³/mol. The lowest BCUT2D eigenvalue weighted by Crippen LogP contribution is -2.52. The van der Waals surface area contributed by atoms with Crippen molar-refractivity contribution in [2.24, 2.45) is 5.73 Å². The number of hydrogen-bond acceptors (Lipinski definition) is 5. The van der Waals surface area contributed by atoms with E-state index >= 15 is 0 Å². The number of likely N-dealkylation sites (tertiary alicyclic amines) is 1. The summed E-state index contributed by atoms with van der Waals surface area (Å²) in [6, 6.07) is 2.80. The fourth-order valence-corrected chi connectivity index (χ4v) is 3.13. The van der Waals surface area contributed by atoms with Gasteiger partial charge in [0.2, 0.25) is 11.8 Å². The molecule has 1 fully saturated rings.